The van der Waals surface area contributed by atoms with Gasteiger partial charge in [-0.3, -0.25) is 4.98 Å². The maximum atomic E-state index is 5.13. The third-order valence-electron chi connectivity index (χ3n) is 6.69. The van der Waals surface area contributed by atoms with Gasteiger partial charge in [0, 0.05) is 61.8 Å². The Morgan fingerprint density at radius 1 is 0.971 bits per heavy atom. The second-order valence-corrected chi connectivity index (χ2v) is 9.16. The van der Waals surface area contributed by atoms with Crippen molar-refractivity contribution in [2.75, 3.05) is 36.4 Å². The molecular weight excluding hydrogens is 438 g/mol. The second kappa shape index (κ2) is 8.28. The van der Waals surface area contributed by atoms with Crippen LogP contribution in [0.15, 0.2) is 61.2 Å². The van der Waals surface area contributed by atoms with Crippen LogP contribution in [0.3, 0.4) is 0 Å². The molecule has 0 unspecified atom stereocenters. The lowest BCUT2D eigenvalue weighted by atomic mass is 10.1. The van der Waals surface area contributed by atoms with E-state index in [1.165, 1.54) is 18.4 Å². The summed E-state index contributed by atoms with van der Waals surface area (Å²) < 4.78 is 1.84. The molecule has 0 radical (unpaired) electrons. The lowest BCUT2D eigenvalue weighted by Gasteiger charge is -2.30. The number of anilines is 3. The first kappa shape index (κ1) is 20.3. The van der Waals surface area contributed by atoms with Crippen molar-refractivity contribution in [3.05, 3.63) is 66.7 Å². The van der Waals surface area contributed by atoms with Crippen LogP contribution in [0.5, 0.6) is 0 Å². The first-order valence-electron chi connectivity index (χ1n) is 12.1. The molecule has 2 aliphatic rings. The molecule has 0 amide bonds. The molecule has 9 heteroatoms. The Balaban J connectivity index is 1.30. The highest BCUT2D eigenvalue weighted by Gasteiger charge is 2.29. The first-order valence-corrected chi connectivity index (χ1v) is 12.1. The van der Waals surface area contributed by atoms with Crippen molar-refractivity contribution in [2.45, 2.75) is 18.8 Å². The van der Waals surface area contributed by atoms with Gasteiger partial charge in [-0.1, -0.05) is 6.07 Å². The van der Waals surface area contributed by atoms with Crippen LogP contribution in [-0.4, -0.2) is 55.7 Å². The van der Waals surface area contributed by atoms with Crippen LogP contribution in [0, 0.1) is 0 Å². The van der Waals surface area contributed by atoms with Gasteiger partial charge in [-0.05, 0) is 48.6 Å². The van der Waals surface area contributed by atoms with Gasteiger partial charge in [0.1, 0.15) is 11.6 Å². The molecule has 0 spiro atoms. The Labute approximate surface area is 202 Å². The van der Waals surface area contributed by atoms with E-state index in [-0.39, 0.29) is 0 Å². The summed E-state index contributed by atoms with van der Waals surface area (Å²) in [6.45, 7) is 3.75. The Morgan fingerprint density at radius 2 is 1.89 bits per heavy atom. The maximum absolute atomic E-state index is 5.13. The fourth-order valence-corrected chi connectivity index (χ4v) is 4.80. The number of hydrogen-bond acceptors (Lipinski definition) is 8. The Bertz CT molecular complexity index is 1500. The van der Waals surface area contributed by atoms with Gasteiger partial charge in [-0.15, -0.1) is 0 Å². The topological polar surface area (TPSA) is 96.2 Å². The maximum Gasteiger partial charge on any atom is 0.162 e. The monoisotopic (exact) mass is 463 g/mol. The fourth-order valence-electron chi connectivity index (χ4n) is 4.80. The molecular formula is C26H25N9. The van der Waals surface area contributed by atoms with Gasteiger partial charge in [-0.2, -0.15) is 5.10 Å². The van der Waals surface area contributed by atoms with Crippen LogP contribution in [0.1, 0.15) is 24.3 Å². The van der Waals surface area contributed by atoms with Gasteiger partial charge in [0.25, 0.3) is 0 Å². The molecule has 0 bridgehead atoms. The summed E-state index contributed by atoms with van der Waals surface area (Å²) in [4.78, 5) is 21.5. The molecule has 2 fully saturated rings. The zero-order chi connectivity index (χ0) is 23.2. The average Bonchev–Trinajstić information content (AvgIpc) is 3.67. The number of nitrogens with one attached hydrogen (secondary N) is 2. The van der Waals surface area contributed by atoms with Gasteiger partial charge in [0.15, 0.2) is 11.6 Å². The van der Waals surface area contributed by atoms with Crippen molar-refractivity contribution >= 4 is 33.9 Å². The average molecular weight is 464 g/mol. The van der Waals surface area contributed by atoms with Crippen molar-refractivity contribution in [1.29, 1.82) is 0 Å². The van der Waals surface area contributed by atoms with Crippen LogP contribution in [0.2, 0.25) is 0 Å². The molecule has 5 aromatic heterocycles. The third-order valence-corrected chi connectivity index (χ3v) is 6.69. The van der Waals surface area contributed by atoms with E-state index >= 15 is 0 Å². The molecule has 7 rings (SSSR count). The predicted octanol–water partition coefficient (Wildman–Crippen LogP) is 3.77. The standard InChI is InChI=1S/C26H25N9/c1-2-10-35-19(3-1)14-23(33-35)31-22-13-18(6-7-29-22)25-30-21-16-28-15-20(17-4-5-17)24(21)26(32-25)34-11-8-27-9-12-34/h1-3,6-7,10,13-17,27H,4-5,8-9,11-12H2,(H,29,31,33). The van der Waals surface area contributed by atoms with Gasteiger partial charge in [0.05, 0.1) is 17.2 Å². The third kappa shape index (κ3) is 3.83. The van der Waals surface area contributed by atoms with Crippen molar-refractivity contribution in [3.8, 4) is 11.4 Å². The lowest BCUT2D eigenvalue weighted by molar-refractivity contribution is 0.586. The van der Waals surface area contributed by atoms with E-state index in [0.29, 0.717) is 17.6 Å². The van der Waals surface area contributed by atoms with Crippen molar-refractivity contribution in [3.63, 3.8) is 0 Å². The van der Waals surface area contributed by atoms with E-state index in [4.69, 9.17) is 9.97 Å². The fraction of sp³-hybridized carbons (Fsp3) is 0.269. The minimum Gasteiger partial charge on any atom is -0.353 e. The van der Waals surface area contributed by atoms with E-state index in [2.05, 4.69) is 30.6 Å². The molecule has 174 valence electrons. The minimum atomic E-state index is 0.574. The van der Waals surface area contributed by atoms with Gasteiger partial charge >= 0.3 is 0 Å². The summed E-state index contributed by atoms with van der Waals surface area (Å²) >= 11 is 0. The van der Waals surface area contributed by atoms with E-state index in [9.17, 15) is 0 Å². The zero-order valence-electron chi connectivity index (χ0n) is 19.2. The van der Waals surface area contributed by atoms with Crippen LogP contribution >= 0.6 is 0 Å². The quantitative estimate of drug-likeness (QED) is 0.407. The summed E-state index contributed by atoms with van der Waals surface area (Å²) in [6, 6.07) is 11.9. The molecule has 6 heterocycles. The van der Waals surface area contributed by atoms with Gasteiger partial charge < -0.3 is 15.5 Å². The van der Waals surface area contributed by atoms with E-state index in [1.807, 2.05) is 59.5 Å². The second-order valence-electron chi connectivity index (χ2n) is 9.16. The van der Waals surface area contributed by atoms with Crippen LogP contribution < -0.4 is 15.5 Å². The number of fused-ring (bicyclic) bond motifs is 2. The van der Waals surface area contributed by atoms with Gasteiger partial charge in [-0.25, -0.2) is 19.5 Å². The van der Waals surface area contributed by atoms with Crippen molar-refractivity contribution in [1.82, 2.24) is 34.9 Å². The van der Waals surface area contributed by atoms with Crippen molar-refractivity contribution < 1.29 is 0 Å². The molecule has 2 N–H and O–H groups in total. The van der Waals surface area contributed by atoms with E-state index in [1.54, 1.807) is 6.20 Å². The zero-order valence-corrected chi connectivity index (χ0v) is 19.2. The van der Waals surface area contributed by atoms with Crippen LogP contribution in [-0.2, 0) is 0 Å². The first-order chi connectivity index (χ1) is 17.3. The number of pyridine rings is 3. The van der Waals surface area contributed by atoms with E-state index in [0.717, 1.165) is 59.8 Å². The molecule has 1 saturated carbocycles. The predicted molar refractivity (Wildman–Crippen MR) is 136 cm³/mol. The molecule has 0 atom stereocenters. The SMILES string of the molecule is c1ccn2nc(Nc3cc(-c4nc(N5CCNCC5)c5c(C6CC6)cncc5n4)ccn3)cc2c1. The highest BCUT2D eigenvalue weighted by molar-refractivity contribution is 5.94. The Hall–Kier alpha value is -4.11. The number of hydrogen-bond donors (Lipinski definition) is 2. The number of rotatable bonds is 5. The largest absolute Gasteiger partial charge is 0.353 e. The summed E-state index contributed by atoms with van der Waals surface area (Å²) in [5.74, 6) is 3.71. The van der Waals surface area contributed by atoms with E-state index < -0.39 is 0 Å². The normalized spacial score (nSPS) is 16.2. The molecule has 9 nitrogen and oxygen atoms in total. The summed E-state index contributed by atoms with van der Waals surface area (Å²) in [6.07, 6.45) is 10.0. The molecule has 1 aliphatic heterocycles. The number of nitrogens with zero attached hydrogens (tertiary/aromatic N) is 7. The van der Waals surface area contributed by atoms with Gasteiger partial charge in [0.2, 0.25) is 0 Å². The molecule has 1 saturated heterocycles. The Morgan fingerprint density at radius 3 is 2.74 bits per heavy atom. The number of piperazine rings is 1. The molecule has 5 aromatic rings. The smallest absolute Gasteiger partial charge is 0.162 e. The molecule has 0 aromatic carbocycles. The lowest BCUT2D eigenvalue weighted by Crippen LogP contribution is -2.44. The van der Waals surface area contributed by atoms with Crippen LogP contribution in [0.4, 0.5) is 17.5 Å². The molecule has 1 aliphatic carbocycles. The summed E-state index contributed by atoms with van der Waals surface area (Å²) in [7, 11) is 0. The highest BCUT2D eigenvalue weighted by Crippen LogP contribution is 2.44. The summed E-state index contributed by atoms with van der Waals surface area (Å²) in [5.41, 5.74) is 4.11. The minimum absolute atomic E-state index is 0.574. The Kier molecular flexibility index (Phi) is 4.80. The van der Waals surface area contributed by atoms with Crippen LogP contribution in [0.25, 0.3) is 27.8 Å². The van der Waals surface area contributed by atoms with Crippen molar-refractivity contribution in [2.24, 2.45) is 0 Å². The summed E-state index contributed by atoms with van der Waals surface area (Å²) in [5, 5.41) is 12.5. The number of aromatic nitrogens is 6. The molecule has 35 heavy (non-hydrogen) atoms. The highest BCUT2D eigenvalue weighted by atomic mass is 15.3.